The van der Waals surface area contributed by atoms with Crippen LogP contribution in [0.5, 0.6) is 0 Å². The molecule has 8 rings (SSSR count). The fraction of sp³-hybridized carbons (Fsp3) is 1.00. The monoisotopic (exact) mass is 784 g/mol. The molecule has 3 heterocycles. The second kappa shape index (κ2) is 13.2. The van der Waals surface area contributed by atoms with E-state index >= 15 is 0 Å². The Hall–Kier alpha value is -0.560. The lowest BCUT2D eigenvalue weighted by molar-refractivity contribution is -0.339. The van der Waals surface area contributed by atoms with E-state index in [0.29, 0.717) is 25.7 Å². The molecule has 0 amide bonds. The molecule has 0 unspecified atom stereocenters. The lowest BCUT2D eigenvalue weighted by Crippen LogP contribution is -2.65. The Kier molecular flexibility index (Phi) is 9.90. The second-order valence-electron chi connectivity index (χ2n) is 21.1. The van der Waals surface area contributed by atoms with Gasteiger partial charge in [-0.05, 0) is 117 Å². The summed E-state index contributed by atoms with van der Waals surface area (Å²) in [4.78, 5) is 0. The summed E-state index contributed by atoms with van der Waals surface area (Å²) < 4.78 is 31.9. The van der Waals surface area contributed by atoms with Gasteiger partial charge in [0, 0.05) is 5.92 Å². The predicted octanol–water partition coefficient (Wildman–Crippen LogP) is 0.724. The molecular weight excluding hydrogens is 716 g/mol. The fourth-order valence-electron chi connectivity index (χ4n) is 14.9. The molecule has 5 aliphatic carbocycles. The maximum absolute atomic E-state index is 12.2. The summed E-state index contributed by atoms with van der Waals surface area (Å²) in [5.74, 6) is -0.215. The smallest absolute Gasteiger partial charge is 0.186 e. The van der Waals surface area contributed by atoms with Crippen molar-refractivity contribution < 1.29 is 69.6 Å². The highest BCUT2D eigenvalue weighted by Gasteiger charge is 2.85. The first kappa shape index (κ1) is 41.2. The Morgan fingerprint density at radius 1 is 0.709 bits per heavy atom. The molecule has 5 saturated carbocycles. The van der Waals surface area contributed by atoms with Gasteiger partial charge in [-0.2, -0.15) is 0 Å². The van der Waals surface area contributed by atoms with Crippen LogP contribution in [-0.4, -0.2) is 150 Å². The van der Waals surface area contributed by atoms with Crippen molar-refractivity contribution in [2.24, 2.45) is 44.8 Å². The fourth-order valence-corrected chi connectivity index (χ4v) is 14.9. The standard InChI is InChI=1S/C41H68O14/c1-35(2)24(54-33-29(48)26(45)20(44)17-51-33)9-11-41-18-40(41)13-12-37(5)31(39(7)10-8-25(55-39)36(3,4)50)19(43)15-38(37,6)23(40)14-21(32(35)41)52-34-30(49)28(47)27(46)22(16-42)53-34/h19-34,42-50H,8-18H2,1-7H3/t19-,20+,21-,22+,23+,24-,25-,26-,27+,28-,29+,30+,31-,32-,33-,34+,37+,38-,39+,40-,41+/m1/s1. The zero-order valence-electron chi connectivity index (χ0n) is 33.6. The first-order chi connectivity index (χ1) is 25.5. The Balaban J connectivity index is 1.15. The van der Waals surface area contributed by atoms with Gasteiger partial charge in [-0.1, -0.05) is 27.7 Å². The molecule has 0 aromatic carbocycles. The quantitative estimate of drug-likeness (QED) is 0.162. The molecule has 8 aliphatic rings. The first-order valence-electron chi connectivity index (χ1n) is 20.9. The number of hydrogen-bond donors (Lipinski definition) is 9. The summed E-state index contributed by atoms with van der Waals surface area (Å²) in [6, 6.07) is 0. The molecule has 316 valence electrons. The number of aliphatic hydroxyl groups excluding tert-OH is 8. The number of fused-ring (bicyclic) bond motifs is 2. The van der Waals surface area contributed by atoms with Gasteiger partial charge in [-0.3, -0.25) is 0 Å². The van der Waals surface area contributed by atoms with Gasteiger partial charge in [-0.25, -0.2) is 0 Å². The highest BCUT2D eigenvalue weighted by Crippen LogP contribution is 2.89. The number of rotatable bonds is 7. The van der Waals surface area contributed by atoms with Gasteiger partial charge in [0.2, 0.25) is 0 Å². The Morgan fingerprint density at radius 3 is 2.05 bits per heavy atom. The van der Waals surface area contributed by atoms with E-state index in [-0.39, 0.29) is 52.1 Å². The molecule has 9 N–H and O–H groups in total. The third-order valence-corrected chi connectivity index (χ3v) is 17.6. The van der Waals surface area contributed by atoms with Crippen molar-refractivity contribution in [3.05, 3.63) is 0 Å². The lowest BCUT2D eigenvalue weighted by Gasteiger charge is -2.65. The molecule has 55 heavy (non-hydrogen) atoms. The molecule has 0 radical (unpaired) electrons. The summed E-state index contributed by atoms with van der Waals surface area (Å²) in [7, 11) is 0. The summed E-state index contributed by atoms with van der Waals surface area (Å²) in [6.07, 6.45) is -7.48. The average Bonchev–Trinajstić information content (AvgIpc) is 3.47. The first-order valence-corrected chi connectivity index (χ1v) is 20.9. The highest BCUT2D eigenvalue weighted by atomic mass is 16.7. The van der Waals surface area contributed by atoms with Crippen LogP contribution in [0.3, 0.4) is 0 Å². The Labute approximate surface area is 324 Å². The van der Waals surface area contributed by atoms with Crippen molar-refractivity contribution >= 4 is 0 Å². The summed E-state index contributed by atoms with van der Waals surface area (Å²) in [5, 5.41) is 97.2. The van der Waals surface area contributed by atoms with Crippen molar-refractivity contribution in [2.75, 3.05) is 13.2 Å². The zero-order chi connectivity index (χ0) is 40.1. The molecule has 8 fully saturated rings. The topological polar surface area (TPSA) is 228 Å². The van der Waals surface area contributed by atoms with Crippen LogP contribution < -0.4 is 0 Å². The lowest BCUT2D eigenvalue weighted by atomic mass is 9.41. The summed E-state index contributed by atoms with van der Waals surface area (Å²) in [6.45, 7) is 13.8. The largest absolute Gasteiger partial charge is 0.394 e. The molecule has 3 aliphatic heterocycles. The van der Waals surface area contributed by atoms with Crippen LogP contribution in [0.4, 0.5) is 0 Å². The van der Waals surface area contributed by atoms with Crippen LogP contribution in [0.2, 0.25) is 0 Å². The van der Waals surface area contributed by atoms with Crippen molar-refractivity contribution in [1.29, 1.82) is 0 Å². The average molecular weight is 785 g/mol. The van der Waals surface area contributed by atoms with Crippen molar-refractivity contribution in [2.45, 2.75) is 197 Å². The van der Waals surface area contributed by atoms with Crippen molar-refractivity contribution in [1.82, 2.24) is 0 Å². The molecule has 21 atom stereocenters. The zero-order valence-corrected chi connectivity index (χ0v) is 33.6. The van der Waals surface area contributed by atoms with Crippen LogP contribution in [-0.2, 0) is 23.7 Å². The van der Waals surface area contributed by atoms with E-state index in [2.05, 4.69) is 34.6 Å². The minimum atomic E-state index is -1.60. The minimum absolute atomic E-state index is 0.0633. The van der Waals surface area contributed by atoms with Gasteiger partial charge >= 0.3 is 0 Å². The van der Waals surface area contributed by atoms with Gasteiger partial charge in [0.25, 0.3) is 0 Å². The van der Waals surface area contributed by atoms with E-state index in [0.717, 1.165) is 32.1 Å². The van der Waals surface area contributed by atoms with Crippen LogP contribution in [0.1, 0.15) is 106 Å². The van der Waals surface area contributed by atoms with E-state index in [1.54, 1.807) is 13.8 Å². The van der Waals surface area contributed by atoms with Gasteiger partial charge < -0.3 is 69.6 Å². The summed E-state index contributed by atoms with van der Waals surface area (Å²) in [5.41, 5.74) is -3.16. The number of aliphatic hydroxyl groups is 9. The van der Waals surface area contributed by atoms with Gasteiger partial charge in [0.1, 0.15) is 42.7 Å². The van der Waals surface area contributed by atoms with Crippen molar-refractivity contribution in [3.8, 4) is 0 Å². The molecule has 3 saturated heterocycles. The van der Waals surface area contributed by atoms with Crippen LogP contribution in [0.15, 0.2) is 0 Å². The van der Waals surface area contributed by atoms with Gasteiger partial charge in [0.15, 0.2) is 12.6 Å². The highest BCUT2D eigenvalue weighted by molar-refractivity contribution is 5.33. The van der Waals surface area contributed by atoms with Crippen molar-refractivity contribution in [3.63, 3.8) is 0 Å². The van der Waals surface area contributed by atoms with E-state index < -0.39 is 96.8 Å². The third kappa shape index (κ3) is 5.70. The van der Waals surface area contributed by atoms with E-state index in [1.807, 2.05) is 0 Å². The molecule has 0 aromatic heterocycles. The normalized spacial score (nSPS) is 58.7. The molecule has 0 bridgehead atoms. The third-order valence-electron chi connectivity index (χ3n) is 17.6. The molecule has 0 aromatic rings. The Morgan fingerprint density at radius 2 is 1.40 bits per heavy atom. The van der Waals surface area contributed by atoms with Gasteiger partial charge in [-0.15, -0.1) is 0 Å². The van der Waals surface area contributed by atoms with Gasteiger partial charge in [0.05, 0.1) is 48.8 Å². The van der Waals surface area contributed by atoms with Crippen LogP contribution in [0.25, 0.3) is 0 Å². The molecule has 14 heteroatoms. The minimum Gasteiger partial charge on any atom is -0.394 e. The maximum Gasteiger partial charge on any atom is 0.186 e. The SMILES string of the molecule is CC(C)(O)[C@H]1CC[C@@](C)([C@@H]2[C@H](O)C[C@]3(C)[C@@H]4C[C@@H](O[C@H]5O[C@@H](CO)[C@H](O)[C@@H](O)[C@@H]5O)[C@@H]5C(C)(C)[C@H](O[C@H]6OC[C@H](O)[C@@H](O)[C@@H]6O)CC[C@]56C[C@]46CC[C@@]23C)O1. The second-order valence-corrected chi connectivity index (χ2v) is 21.1. The Bertz CT molecular complexity index is 1460. The van der Waals surface area contributed by atoms with E-state index in [9.17, 15) is 46.0 Å². The molecule has 2 spiro atoms. The molecule has 14 nitrogen and oxygen atoms in total. The predicted molar refractivity (Wildman–Crippen MR) is 194 cm³/mol. The van der Waals surface area contributed by atoms with Crippen LogP contribution >= 0.6 is 0 Å². The maximum atomic E-state index is 12.2. The number of hydrogen-bond acceptors (Lipinski definition) is 14. The molecular formula is C41H68O14. The number of ether oxygens (including phenoxy) is 5. The van der Waals surface area contributed by atoms with E-state index in [4.69, 9.17) is 23.7 Å². The van der Waals surface area contributed by atoms with Crippen LogP contribution in [0, 0.1) is 44.8 Å². The van der Waals surface area contributed by atoms with E-state index in [1.165, 1.54) is 0 Å². The summed E-state index contributed by atoms with van der Waals surface area (Å²) >= 11 is 0.